The molecule has 1 N–H and O–H groups in total. The van der Waals surface area contributed by atoms with E-state index in [1.807, 2.05) is 0 Å². The highest BCUT2D eigenvalue weighted by Crippen LogP contribution is 2.25. The number of imidazole rings is 1. The SMILES string of the molecule is CNc1nccnc1[C@H]1CN(C(=O)Cn2ccnc2)CCO1. The van der Waals surface area contributed by atoms with E-state index in [-0.39, 0.29) is 18.6 Å². The van der Waals surface area contributed by atoms with Crippen LogP contribution in [0.3, 0.4) is 0 Å². The normalized spacial score (nSPS) is 18.2. The zero-order valence-corrected chi connectivity index (χ0v) is 12.3. The minimum Gasteiger partial charge on any atom is -0.372 e. The number of hydrogen-bond acceptors (Lipinski definition) is 6. The van der Waals surface area contributed by atoms with E-state index in [4.69, 9.17) is 4.74 Å². The highest BCUT2D eigenvalue weighted by molar-refractivity contribution is 5.76. The Morgan fingerprint density at radius 3 is 3.05 bits per heavy atom. The van der Waals surface area contributed by atoms with Crippen LogP contribution in [0.1, 0.15) is 11.8 Å². The molecule has 22 heavy (non-hydrogen) atoms. The lowest BCUT2D eigenvalue weighted by molar-refractivity contribution is -0.139. The first-order chi connectivity index (χ1) is 10.8. The molecule has 116 valence electrons. The Bertz CT molecular complexity index is 630. The summed E-state index contributed by atoms with van der Waals surface area (Å²) in [4.78, 5) is 26.7. The molecule has 2 aromatic rings. The number of hydrogen-bond donors (Lipinski definition) is 1. The third-order valence-corrected chi connectivity index (χ3v) is 3.56. The standard InChI is InChI=1S/C14H18N6O2/c1-15-14-13(17-2-3-18-14)11-8-20(6-7-22-11)12(21)9-19-5-4-16-10-19/h2-5,10-11H,6-9H2,1H3,(H,15,18)/t11-/m1/s1. The topological polar surface area (TPSA) is 85.2 Å². The molecule has 1 aliphatic rings. The second-order valence-electron chi connectivity index (χ2n) is 4.97. The van der Waals surface area contributed by atoms with Crippen LogP contribution < -0.4 is 5.32 Å². The molecule has 0 bridgehead atoms. The highest BCUT2D eigenvalue weighted by Gasteiger charge is 2.28. The average molecular weight is 302 g/mol. The van der Waals surface area contributed by atoms with Crippen LogP contribution in [0.25, 0.3) is 0 Å². The van der Waals surface area contributed by atoms with Crippen molar-refractivity contribution in [3.8, 4) is 0 Å². The van der Waals surface area contributed by atoms with Crippen LogP contribution in [0, 0.1) is 0 Å². The molecule has 2 aromatic heterocycles. The summed E-state index contributed by atoms with van der Waals surface area (Å²) < 4.78 is 7.52. The van der Waals surface area contributed by atoms with Crippen molar-refractivity contribution in [1.82, 2.24) is 24.4 Å². The van der Waals surface area contributed by atoms with Crippen LogP contribution in [0.15, 0.2) is 31.1 Å². The fraction of sp³-hybridized carbons (Fsp3) is 0.429. The van der Waals surface area contributed by atoms with E-state index in [2.05, 4.69) is 20.3 Å². The van der Waals surface area contributed by atoms with Crippen LogP contribution in [-0.4, -0.2) is 57.1 Å². The first-order valence-corrected chi connectivity index (χ1v) is 7.11. The first-order valence-electron chi connectivity index (χ1n) is 7.11. The summed E-state index contributed by atoms with van der Waals surface area (Å²) in [6.07, 6.45) is 8.06. The van der Waals surface area contributed by atoms with Crippen molar-refractivity contribution < 1.29 is 9.53 Å². The number of carbonyl (C=O) groups excluding carboxylic acids is 1. The summed E-state index contributed by atoms with van der Waals surface area (Å²) in [6, 6.07) is 0. The molecule has 1 amide bonds. The lowest BCUT2D eigenvalue weighted by atomic mass is 10.2. The molecule has 0 aliphatic carbocycles. The van der Waals surface area contributed by atoms with Crippen LogP contribution in [0.5, 0.6) is 0 Å². The second kappa shape index (κ2) is 6.52. The Labute approximate surface area is 128 Å². The van der Waals surface area contributed by atoms with Gasteiger partial charge in [-0.15, -0.1) is 0 Å². The van der Waals surface area contributed by atoms with E-state index in [9.17, 15) is 4.79 Å². The summed E-state index contributed by atoms with van der Waals surface area (Å²) in [5, 5.41) is 3.00. The summed E-state index contributed by atoms with van der Waals surface area (Å²) in [6.45, 7) is 1.83. The van der Waals surface area contributed by atoms with Gasteiger partial charge in [0.1, 0.15) is 24.2 Å². The highest BCUT2D eigenvalue weighted by atomic mass is 16.5. The molecule has 1 saturated heterocycles. The van der Waals surface area contributed by atoms with Gasteiger partial charge in [0.25, 0.3) is 0 Å². The second-order valence-corrected chi connectivity index (χ2v) is 4.97. The van der Waals surface area contributed by atoms with Crippen molar-refractivity contribution in [2.45, 2.75) is 12.6 Å². The van der Waals surface area contributed by atoms with Crippen LogP contribution in [0.2, 0.25) is 0 Å². The summed E-state index contributed by atoms with van der Waals surface area (Å²) >= 11 is 0. The lowest BCUT2D eigenvalue weighted by Crippen LogP contribution is -2.43. The zero-order chi connectivity index (χ0) is 15.4. The van der Waals surface area contributed by atoms with Gasteiger partial charge < -0.3 is 19.5 Å². The summed E-state index contributed by atoms with van der Waals surface area (Å²) in [5.74, 6) is 0.720. The van der Waals surface area contributed by atoms with E-state index in [0.717, 1.165) is 5.69 Å². The monoisotopic (exact) mass is 302 g/mol. The number of aromatic nitrogens is 4. The van der Waals surface area contributed by atoms with Gasteiger partial charge in [-0.05, 0) is 0 Å². The Morgan fingerprint density at radius 2 is 2.27 bits per heavy atom. The summed E-state index contributed by atoms with van der Waals surface area (Å²) in [5.41, 5.74) is 0.727. The zero-order valence-electron chi connectivity index (χ0n) is 12.3. The molecule has 8 heteroatoms. The molecule has 8 nitrogen and oxygen atoms in total. The molecule has 3 heterocycles. The quantitative estimate of drug-likeness (QED) is 0.875. The number of rotatable bonds is 4. The van der Waals surface area contributed by atoms with Gasteiger partial charge in [-0.25, -0.2) is 9.97 Å². The molecule has 0 unspecified atom stereocenters. The molecule has 0 saturated carbocycles. The molecule has 1 atom stereocenters. The van der Waals surface area contributed by atoms with E-state index in [1.54, 1.807) is 47.6 Å². The molecule has 0 aromatic carbocycles. The minimum atomic E-state index is -0.267. The number of morpholine rings is 1. The van der Waals surface area contributed by atoms with Crippen molar-refractivity contribution >= 4 is 11.7 Å². The van der Waals surface area contributed by atoms with E-state index < -0.39 is 0 Å². The van der Waals surface area contributed by atoms with Gasteiger partial charge in [0.05, 0.1) is 19.5 Å². The third-order valence-electron chi connectivity index (χ3n) is 3.56. The maximum absolute atomic E-state index is 12.4. The van der Waals surface area contributed by atoms with Gasteiger partial charge in [0.2, 0.25) is 5.91 Å². The summed E-state index contributed by atoms with van der Waals surface area (Å²) in [7, 11) is 1.79. The molecule has 1 aliphatic heterocycles. The third kappa shape index (κ3) is 3.06. The molecule has 1 fully saturated rings. The number of amides is 1. The van der Waals surface area contributed by atoms with Gasteiger partial charge in [0.15, 0.2) is 0 Å². The van der Waals surface area contributed by atoms with E-state index in [0.29, 0.717) is 25.5 Å². The van der Waals surface area contributed by atoms with Crippen molar-refractivity contribution in [1.29, 1.82) is 0 Å². The fourth-order valence-corrected chi connectivity index (χ4v) is 2.45. The maximum Gasteiger partial charge on any atom is 0.242 e. The van der Waals surface area contributed by atoms with Crippen molar-refractivity contribution in [2.24, 2.45) is 0 Å². The number of nitrogens with one attached hydrogen (secondary N) is 1. The number of anilines is 1. The molecule has 0 radical (unpaired) electrons. The average Bonchev–Trinajstić information content (AvgIpc) is 3.08. The smallest absolute Gasteiger partial charge is 0.242 e. The van der Waals surface area contributed by atoms with Crippen molar-refractivity contribution in [2.75, 3.05) is 32.1 Å². The largest absolute Gasteiger partial charge is 0.372 e. The van der Waals surface area contributed by atoms with E-state index >= 15 is 0 Å². The minimum absolute atomic E-state index is 0.0428. The Morgan fingerprint density at radius 1 is 1.41 bits per heavy atom. The molecular weight excluding hydrogens is 284 g/mol. The van der Waals surface area contributed by atoms with Crippen molar-refractivity contribution in [3.05, 3.63) is 36.8 Å². The first kappa shape index (κ1) is 14.5. The number of carbonyl (C=O) groups is 1. The van der Waals surface area contributed by atoms with Crippen molar-refractivity contribution in [3.63, 3.8) is 0 Å². The Kier molecular flexibility index (Phi) is 4.29. The van der Waals surface area contributed by atoms with Gasteiger partial charge in [-0.1, -0.05) is 0 Å². The van der Waals surface area contributed by atoms with Gasteiger partial charge in [-0.2, -0.15) is 0 Å². The van der Waals surface area contributed by atoms with Gasteiger partial charge in [0, 0.05) is 38.4 Å². The fourth-order valence-electron chi connectivity index (χ4n) is 2.45. The lowest BCUT2D eigenvalue weighted by Gasteiger charge is -2.33. The number of nitrogens with zero attached hydrogens (tertiary/aromatic N) is 5. The predicted octanol–water partition coefficient (Wildman–Crippen LogP) is 0.315. The molecule has 3 rings (SSSR count). The molecule has 0 spiro atoms. The Balaban J connectivity index is 1.70. The van der Waals surface area contributed by atoms with Crippen LogP contribution >= 0.6 is 0 Å². The predicted molar refractivity (Wildman–Crippen MR) is 79.1 cm³/mol. The van der Waals surface area contributed by atoms with Gasteiger partial charge >= 0.3 is 0 Å². The maximum atomic E-state index is 12.4. The van der Waals surface area contributed by atoms with Gasteiger partial charge in [-0.3, -0.25) is 9.78 Å². The van der Waals surface area contributed by atoms with Crippen LogP contribution in [0.4, 0.5) is 5.82 Å². The number of ether oxygens (including phenoxy) is 1. The van der Waals surface area contributed by atoms with Crippen LogP contribution in [-0.2, 0) is 16.1 Å². The molecular formula is C14H18N6O2. The van der Waals surface area contributed by atoms with E-state index in [1.165, 1.54) is 0 Å². The Hall–Kier alpha value is -2.48.